The highest BCUT2D eigenvalue weighted by Crippen LogP contribution is 2.39. The largest absolute Gasteiger partial charge is 0.481 e. The minimum absolute atomic E-state index is 0.0111. The molecule has 3 aliphatic rings. The Morgan fingerprint density at radius 1 is 1.32 bits per heavy atom. The van der Waals surface area contributed by atoms with Gasteiger partial charge in [0, 0.05) is 31.9 Å². The van der Waals surface area contributed by atoms with Gasteiger partial charge in [-0.05, 0) is 18.9 Å². The molecule has 2 aromatic rings. The minimum Gasteiger partial charge on any atom is -0.481 e. The van der Waals surface area contributed by atoms with Gasteiger partial charge in [-0.15, -0.1) is 0 Å². The predicted octanol–water partition coefficient (Wildman–Crippen LogP) is -0.146. The fraction of sp³-hybridized carbons (Fsp3) is 0.478. The van der Waals surface area contributed by atoms with Gasteiger partial charge in [0.1, 0.15) is 24.4 Å². The summed E-state index contributed by atoms with van der Waals surface area (Å²) < 4.78 is 16.7. The van der Waals surface area contributed by atoms with Crippen LogP contribution in [-0.4, -0.2) is 87.8 Å². The van der Waals surface area contributed by atoms with Gasteiger partial charge in [-0.2, -0.15) is 0 Å². The minimum atomic E-state index is -1.32. The van der Waals surface area contributed by atoms with Crippen molar-refractivity contribution in [2.24, 2.45) is 16.3 Å². The molecule has 0 aromatic carbocycles. The molecule has 6 N–H and O–H groups in total. The van der Waals surface area contributed by atoms with E-state index in [9.17, 15) is 24.3 Å². The molecule has 0 radical (unpaired) electrons. The average Bonchev–Trinajstić information content (AvgIpc) is 3.59. The number of carboxylic acids is 3. The van der Waals surface area contributed by atoms with Crippen LogP contribution in [-0.2, 0) is 14.4 Å². The number of hydrogen-bond acceptors (Lipinski definition) is 10. The number of rotatable bonds is 7. The second kappa shape index (κ2) is 10.3. The second-order valence-electron chi connectivity index (χ2n) is 9.48. The van der Waals surface area contributed by atoms with Crippen molar-refractivity contribution in [2.45, 2.75) is 31.3 Å². The summed E-state index contributed by atoms with van der Waals surface area (Å²) in [7, 11) is 1.48. The van der Waals surface area contributed by atoms with Crippen LogP contribution in [0.2, 0.25) is 0 Å². The van der Waals surface area contributed by atoms with Crippen LogP contribution >= 0.6 is 0 Å². The molecular weight excluding hydrogens is 507 g/mol. The van der Waals surface area contributed by atoms with Gasteiger partial charge in [0.05, 0.1) is 29.5 Å². The molecule has 2 saturated heterocycles. The van der Waals surface area contributed by atoms with Gasteiger partial charge in [-0.1, -0.05) is 5.16 Å². The van der Waals surface area contributed by atoms with Crippen LogP contribution in [0.15, 0.2) is 22.2 Å². The number of aromatic carboxylic acids is 1. The van der Waals surface area contributed by atoms with Crippen LogP contribution in [0.5, 0.6) is 0 Å². The van der Waals surface area contributed by atoms with Crippen molar-refractivity contribution in [3.05, 3.63) is 33.9 Å². The number of aliphatic carboxylic acids is 2. The van der Waals surface area contributed by atoms with Gasteiger partial charge < -0.3 is 40.7 Å². The third kappa shape index (κ3) is 5.15. The number of hydrogen-bond donors (Lipinski definition) is 5. The maximum atomic E-state index is 15.0. The summed E-state index contributed by atoms with van der Waals surface area (Å²) in [5.74, 6) is -4.33. The highest BCUT2D eigenvalue weighted by atomic mass is 19.1. The number of carbonyl (C=O) groups is 3. The van der Waals surface area contributed by atoms with Crippen molar-refractivity contribution >= 4 is 40.5 Å². The number of halogens is 1. The van der Waals surface area contributed by atoms with Crippen molar-refractivity contribution in [1.29, 1.82) is 0 Å². The Morgan fingerprint density at radius 3 is 2.47 bits per heavy atom. The van der Waals surface area contributed by atoms with E-state index < -0.39 is 41.6 Å². The first-order valence-corrected chi connectivity index (χ1v) is 11.7. The monoisotopic (exact) mass is 534 g/mol. The number of nitrogens with zero attached hydrogens (tertiary/aromatic N) is 4. The Balaban J connectivity index is 0.000000323. The van der Waals surface area contributed by atoms with Crippen LogP contribution in [0.3, 0.4) is 0 Å². The van der Waals surface area contributed by atoms with E-state index in [2.05, 4.69) is 15.5 Å². The molecular formula is C23H27FN6O8. The van der Waals surface area contributed by atoms with Crippen molar-refractivity contribution < 1.29 is 38.9 Å². The first kappa shape index (κ1) is 26.9. The molecule has 3 fully saturated rings. The van der Waals surface area contributed by atoms with Crippen LogP contribution in [0.4, 0.5) is 10.2 Å². The first-order valence-electron chi connectivity index (χ1n) is 11.7. The Morgan fingerprint density at radius 2 is 2.00 bits per heavy atom. The van der Waals surface area contributed by atoms with Crippen molar-refractivity contribution in [1.82, 2.24) is 14.9 Å². The van der Waals surface area contributed by atoms with E-state index >= 15 is 4.39 Å². The molecule has 2 aromatic heterocycles. The van der Waals surface area contributed by atoms with E-state index in [0.717, 1.165) is 37.7 Å². The molecule has 1 saturated carbocycles. The number of carboxylic acid groups (broad SMARTS) is 3. The van der Waals surface area contributed by atoms with Gasteiger partial charge in [0.15, 0.2) is 11.6 Å². The number of pyridine rings is 2. The van der Waals surface area contributed by atoms with Crippen molar-refractivity contribution in [2.75, 3.05) is 38.2 Å². The van der Waals surface area contributed by atoms with Crippen molar-refractivity contribution in [3.8, 4) is 0 Å². The van der Waals surface area contributed by atoms with E-state index in [0.29, 0.717) is 18.7 Å². The third-order valence-corrected chi connectivity index (χ3v) is 6.70. The predicted molar refractivity (Wildman–Crippen MR) is 131 cm³/mol. The topological polar surface area (TPSA) is 210 Å². The number of aromatic nitrogens is 2. The first-order chi connectivity index (χ1) is 18.0. The average molecular weight is 535 g/mol. The molecule has 5 rings (SSSR count). The summed E-state index contributed by atoms with van der Waals surface area (Å²) in [6, 6.07) is -0.0986. The summed E-state index contributed by atoms with van der Waals surface area (Å²) in [6.07, 6.45) is 2.54. The van der Waals surface area contributed by atoms with E-state index in [1.807, 2.05) is 0 Å². The number of fused-ring (bicyclic) bond motifs is 1. The fourth-order valence-electron chi connectivity index (χ4n) is 4.51. The van der Waals surface area contributed by atoms with Crippen LogP contribution in [0.25, 0.3) is 11.0 Å². The summed E-state index contributed by atoms with van der Waals surface area (Å²) in [5.41, 5.74) is 4.70. The Hall–Kier alpha value is -4.11. The molecule has 1 spiro atoms. The maximum absolute atomic E-state index is 15.0. The van der Waals surface area contributed by atoms with Crippen LogP contribution in [0.1, 0.15) is 35.7 Å². The van der Waals surface area contributed by atoms with Gasteiger partial charge in [-0.3, -0.25) is 14.4 Å². The highest BCUT2D eigenvalue weighted by molar-refractivity contribution is 5.99. The second-order valence-corrected chi connectivity index (χ2v) is 9.48. The zero-order chi connectivity index (χ0) is 27.8. The SMILES string of the molecule is CO/N=C1\CN(c2nc3c(cc2F)c(=O)c(C(=O)O)cn3C2CC2)CC12CNC2.N[C@@H](CC(=O)O)C(=O)O. The molecule has 0 bridgehead atoms. The quantitative estimate of drug-likeness (QED) is 0.294. The molecule has 14 nitrogen and oxygen atoms in total. The lowest BCUT2D eigenvalue weighted by atomic mass is 9.79. The standard InChI is InChI=1S/C19H20FN5O4.C4H7NO4/c1-29-23-14-6-24(9-19(14)7-21-8-19)17-13(20)4-11-15(26)12(18(27)28)5-25(10-2-3-10)16(11)22-17;5-2(4(8)9)1-3(6)7/h4-5,10,21H,2-3,6-9H2,1H3,(H,27,28);2H,1,5H2,(H,6,7)(H,8,9)/b23-14+;/t;2-/m.0/s1. The summed E-state index contributed by atoms with van der Waals surface area (Å²) >= 11 is 0. The molecule has 1 atom stereocenters. The maximum Gasteiger partial charge on any atom is 0.341 e. The normalized spacial score (nSPS) is 19.6. The Kier molecular flexibility index (Phi) is 7.33. The van der Waals surface area contributed by atoms with Gasteiger partial charge in [0.25, 0.3) is 0 Å². The number of nitrogens with two attached hydrogens (primary N) is 1. The fourth-order valence-corrected chi connectivity index (χ4v) is 4.51. The molecule has 1 aliphatic carbocycles. The lowest BCUT2D eigenvalue weighted by molar-refractivity contribution is -0.144. The molecule has 38 heavy (non-hydrogen) atoms. The van der Waals surface area contributed by atoms with Gasteiger partial charge >= 0.3 is 17.9 Å². The van der Waals surface area contributed by atoms with E-state index in [4.69, 9.17) is 20.8 Å². The highest BCUT2D eigenvalue weighted by Gasteiger charge is 2.50. The Bertz CT molecular complexity index is 1380. The number of nitrogens with one attached hydrogen (secondary N) is 1. The van der Waals surface area contributed by atoms with Gasteiger partial charge in [-0.25, -0.2) is 14.2 Å². The number of anilines is 1. The lowest BCUT2D eigenvalue weighted by Gasteiger charge is -2.38. The molecule has 204 valence electrons. The molecule has 2 aliphatic heterocycles. The van der Waals surface area contributed by atoms with Crippen molar-refractivity contribution in [3.63, 3.8) is 0 Å². The lowest BCUT2D eigenvalue weighted by Crippen LogP contribution is -2.58. The summed E-state index contributed by atoms with van der Waals surface area (Å²) in [5, 5.41) is 32.7. The number of oxime groups is 1. The van der Waals surface area contributed by atoms with E-state index in [-0.39, 0.29) is 28.2 Å². The van der Waals surface area contributed by atoms with E-state index in [1.165, 1.54) is 13.3 Å². The molecule has 15 heteroatoms. The molecule has 0 unspecified atom stereocenters. The zero-order valence-corrected chi connectivity index (χ0v) is 20.4. The van der Waals surface area contributed by atoms with Gasteiger partial charge in [0.2, 0.25) is 5.43 Å². The third-order valence-electron chi connectivity index (χ3n) is 6.70. The summed E-state index contributed by atoms with van der Waals surface area (Å²) in [4.78, 5) is 54.9. The smallest absolute Gasteiger partial charge is 0.341 e. The van der Waals surface area contributed by atoms with Crippen LogP contribution in [0, 0.1) is 11.2 Å². The molecule has 4 heterocycles. The zero-order valence-electron chi connectivity index (χ0n) is 20.4. The molecule has 0 amide bonds. The Labute approximate surface area is 214 Å². The van der Waals surface area contributed by atoms with E-state index in [1.54, 1.807) is 9.47 Å². The summed E-state index contributed by atoms with van der Waals surface area (Å²) in [6.45, 7) is 2.38. The van der Waals surface area contributed by atoms with Crippen LogP contribution < -0.4 is 21.4 Å².